The summed E-state index contributed by atoms with van der Waals surface area (Å²) in [5.74, 6) is 1.57. The van der Waals surface area contributed by atoms with Crippen molar-refractivity contribution in [2.45, 2.75) is 37.3 Å². The van der Waals surface area contributed by atoms with E-state index in [1.807, 2.05) is 13.1 Å². The highest BCUT2D eigenvalue weighted by Gasteiger charge is 2.43. The molecule has 0 aromatic heterocycles. The van der Waals surface area contributed by atoms with Gasteiger partial charge in [-0.2, -0.15) is 0 Å². The fraction of sp³-hybridized carbons (Fsp3) is 0.625. The standard InChI is InChI=1S/C16H24BrNO3/c1-18-15(16(21-4)9-5-6-10-16)11-7-8-12(19-2)13(17)14(11)20-3/h7-8,15,18H,5-6,9-10H2,1-4H3. The molecule has 1 aromatic rings. The molecule has 4 nitrogen and oxygen atoms in total. The average Bonchev–Trinajstić information content (AvgIpc) is 2.98. The molecule has 0 bridgehead atoms. The van der Waals surface area contributed by atoms with E-state index in [2.05, 4.69) is 27.3 Å². The number of halogens is 1. The number of nitrogens with one attached hydrogen (secondary N) is 1. The first kappa shape index (κ1) is 16.6. The van der Waals surface area contributed by atoms with E-state index in [4.69, 9.17) is 14.2 Å². The van der Waals surface area contributed by atoms with Crippen LogP contribution in [-0.2, 0) is 4.74 Å². The minimum Gasteiger partial charge on any atom is -0.495 e. The third kappa shape index (κ3) is 2.91. The van der Waals surface area contributed by atoms with E-state index in [0.29, 0.717) is 0 Å². The van der Waals surface area contributed by atoms with Crippen LogP contribution in [0.2, 0.25) is 0 Å². The lowest BCUT2D eigenvalue weighted by Gasteiger charge is -2.37. The van der Waals surface area contributed by atoms with Crippen LogP contribution in [-0.4, -0.2) is 34.0 Å². The molecule has 1 saturated carbocycles. The van der Waals surface area contributed by atoms with Crippen molar-refractivity contribution in [1.29, 1.82) is 0 Å². The summed E-state index contributed by atoms with van der Waals surface area (Å²) in [6.45, 7) is 0. The largest absolute Gasteiger partial charge is 0.495 e. The summed E-state index contributed by atoms with van der Waals surface area (Å²) in [6, 6.07) is 4.11. The summed E-state index contributed by atoms with van der Waals surface area (Å²) in [4.78, 5) is 0. The molecule has 2 rings (SSSR count). The van der Waals surface area contributed by atoms with Crippen LogP contribution in [0.3, 0.4) is 0 Å². The van der Waals surface area contributed by atoms with Gasteiger partial charge in [-0.1, -0.05) is 12.8 Å². The van der Waals surface area contributed by atoms with Crippen molar-refractivity contribution in [1.82, 2.24) is 5.32 Å². The fourth-order valence-corrected chi connectivity index (χ4v) is 4.12. The molecule has 1 aliphatic rings. The number of rotatable bonds is 6. The van der Waals surface area contributed by atoms with E-state index in [9.17, 15) is 0 Å². The second-order valence-electron chi connectivity index (χ2n) is 5.40. The highest BCUT2D eigenvalue weighted by atomic mass is 79.9. The lowest BCUT2D eigenvalue weighted by atomic mass is 9.86. The first-order chi connectivity index (χ1) is 10.1. The number of ether oxygens (including phenoxy) is 3. The van der Waals surface area contributed by atoms with Crippen LogP contribution in [0.1, 0.15) is 37.3 Å². The minimum absolute atomic E-state index is 0.0853. The van der Waals surface area contributed by atoms with Crippen molar-refractivity contribution in [2.24, 2.45) is 0 Å². The van der Waals surface area contributed by atoms with Gasteiger partial charge in [-0.05, 0) is 48.0 Å². The van der Waals surface area contributed by atoms with Crippen molar-refractivity contribution in [3.8, 4) is 11.5 Å². The number of methoxy groups -OCH3 is 3. The van der Waals surface area contributed by atoms with Gasteiger partial charge in [0, 0.05) is 12.7 Å². The highest BCUT2D eigenvalue weighted by Crippen LogP contribution is 2.47. The Morgan fingerprint density at radius 1 is 1.14 bits per heavy atom. The van der Waals surface area contributed by atoms with Gasteiger partial charge in [0.05, 0.1) is 25.9 Å². The molecule has 0 radical (unpaired) electrons. The quantitative estimate of drug-likeness (QED) is 0.842. The molecule has 5 heteroatoms. The second-order valence-corrected chi connectivity index (χ2v) is 6.19. The number of hydrogen-bond acceptors (Lipinski definition) is 4. The first-order valence-corrected chi connectivity index (χ1v) is 8.05. The molecule has 1 N–H and O–H groups in total. The van der Waals surface area contributed by atoms with E-state index in [1.54, 1.807) is 21.3 Å². The minimum atomic E-state index is -0.171. The molecule has 0 amide bonds. The Hall–Kier alpha value is -0.780. The van der Waals surface area contributed by atoms with Crippen LogP contribution < -0.4 is 14.8 Å². The molecule has 118 valence electrons. The van der Waals surface area contributed by atoms with Crippen molar-refractivity contribution in [3.05, 3.63) is 22.2 Å². The fourth-order valence-electron chi connectivity index (χ4n) is 3.43. The molecule has 1 aliphatic carbocycles. The summed E-state index contributed by atoms with van der Waals surface area (Å²) in [6.07, 6.45) is 4.51. The van der Waals surface area contributed by atoms with Gasteiger partial charge in [-0.15, -0.1) is 0 Å². The van der Waals surface area contributed by atoms with Gasteiger partial charge in [0.2, 0.25) is 0 Å². The second kappa shape index (κ2) is 6.99. The van der Waals surface area contributed by atoms with Gasteiger partial charge in [0.15, 0.2) is 0 Å². The molecule has 1 fully saturated rings. The molecular formula is C16H24BrNO3. The van der Waals surface area contributed by atoms with Crippen LogP contribution in [0.4, 0.5) is 0 Å². The maximum absolute atomic E-state index is 5.94. The third-order valence-electron chi connectivity index (χ3n) is 4.50. The van der Waals surface area contributed by atoms with Crippen LogP contribution in [0, 0.1) is 0 Å². The Bertz CT molecular complexity index is 487. The zero-order valence-electron chi connectivity index (χ0n) is 13.2. The maximum Gasteiger partial charge on any atom is 0.141 e. The van der Waals surface area contributed by atoms with Gasteiger partial charge < -0.3 is 19.5 Å². The lowest BCUT2D eigenvalue weighted by molar-refractivity contribution is -0.0354. The summed E-state index contributed by atoms with van der Waals surface area (Å²) in [5.41, 5.74) is 0.923. The number of benzene rings is 1. The Balaban J connectivity index is 2.49. The molecule has 0 heterocycles. The molecular weight excluding hydrogens is 334 g/mol. The maximum atomic E-state index is 5.94. The summed E-state index contributed by atoms with van der Waals surface area (Å²) in [7, 11) is 7.12. The Morgan fingerprint density at radius 2 is 1.81 bits per heavy atom. The number of hydrogen-bond donors (Lipinski definition) is 1. The van der Waals surface area contributed by atoms with Crippen molar-refractivity contribution < 1.29 is 14.2 Å². The van der Waals surface area contributed by atoms with Gasteiger partial charge in [-0.3, -0.25) is 0 Å². The van der Waals surface area contributed by atoms with Crippen molar-refractivity contribution in [2.75, 3.05) is 28.4 Å². The first-order valence-electron chi connectivity index (χ1n) is 7.26. The Morgan fingerprint density at radius 3 is 2.29 bits per heavy atom. The summed E-state index contributed by atoms with van der Waals surface area (Å²) in [5, 5.41) is 3.42. The van der Waals surface area contributed by atoms with Gasteiger partial charge >= 0.3 is 0 Å². The van der Waals surface area contributed by atoms with E-state index in [-0.39, 0.29) is 11.6 Å². The monoisotopic (exact) mass is 357 g/mol. The predicted molar refractivity (Wildman–Crippen MR) is 87.3 cm³/mol. The van der Waals surface area contributed by atoms with Crippen LogP contribution >= 0.6 is 15.9 Å². The SMILES string of the molecule is CNC(c1ccc(OC)c(Br)c1OC)C1(OC)CCCC1. The third-order valence-corrected chi connectivity index (χ3v) is 5.25. The van der Waals surface area contributed by atoms with E-state index >= 15 is 0 Å². The molecule has 21 heavy (non-hydrogen) atoms. The van der Waals surface area contributed by atoms with E-state index < -0.39 is 0 Å². The molecule has 1 aromatic carbocycles. The van der Waals surface area contributed by atoms with Crippen LogP contribution in [0.5, 0.6) is 11.5 Å². The zero-order valence-corrected chi connectivity index (χ0v) is 14.7. The topological polar surface area (TPSA) is 39.7 Å². The normalized spacial score (nSPS) is 18.5. The van der Waals surface area contributed by atoms with Crippen LogP contribution in [0.15, 0.2) is 16.6 Å². The molecule has 0 spiro atoms. The van der Waals surface area contributed by atoms with Gasteiger partial charge in [-0.25, -0.2) is 0 Å². The number of likely N-dealkylation sites (N-methyl/N-ethyl adjacent to an activating group) is 1. The van der Waals surface area contributed by atoms with Crippen LogP contribution in [0.25, 0.3) is 0 Å². The predicted octanol–water partition coefficient (Wildman–Crippen LogP) is 3.69. The summed E-state index contributed by atoms with van der Waals surface area (Å²) >= 11 is 3.58. The van der Waals surface area contributed by atoms with E-state index in [1.165, 1.54) is 12.8 Å². The molecule has 1 atom stereocenters. The zero-order chi connectivity index (χ0) is 15.5. The smallest absolute Gasteiger partial charge is 0.141 e. The Kier molecular flexibility index (Phi) is 5.52. The Labute approximate surface area is 135 Å². The summed E-state index contributed by atoms with van der Waals surface area (Å²) < 4.78 is 17.8. The molecule has 1 unspecified atom stereocenters. The average molecular weight is 358 g/mol. The van der Waals surface area contributed by atoms with Crippen molar-refractivity contribution in [3.63, 3.8) is 0 Å². The lowest BCUT2D eigenvalue weighted by Crippen LogP contribution is -2.42. The molecule has 0 saturated heterocycles. The highest BCUT2D eigenvalue weighted by molar-refractivity contribution is 9.10. The van der Waals surface area contributed by atoms with Gasteiger partial charge in [0.1, 0.15) is 16.0 Å². The van der Waals surface area contributed by atoms with Gasteiger partial charge in [0.25, 0.3) is 0 Å². The van der Waals surface area contributed by atoms with E-state index in [0.717, 1.165) is 34.4 Å². The molecule has 0 aliphatic heterocycles. The van der Waals surface area contributed by atoms with Crippen molar-refractivity contribution >= 4 is 15.9 Å².